The highest BCUT2D eigenvalue weighted by Gasteiger charge is 2.21. The summed E-state index contributed by atoms with van der Waals surface area (Å²) >= 11 is 2.75. The number of likely N-dealkylation sites (tertiary alicyclic amines) is 1. The third kappa shape index (κ3) is 3.53. The zero-order valence-electron chi connectivity index (χ0n) is 15.4. The van der Waals surface area contributed by atoms with Gasteiger partial charge in [-0.15, -0.1) is 11.3 Å². The molecular weight excluding hydrogens is 378 g/mol. The van der Waals surface area contributed by atoms with Gasteiger partial charge >= 0.3 is 0 Å². The van der Waals surface area contributed by atoms with Crippen LogP contribution in [0.4, 0.5) is 0 Å². The van der Waals surface area contributed by atoms with Crippen molar-refractivity contribution in [3.05, 3.63) is 51.1 Å². The van der Waals surface area contributed by atoms with Crippen LogP contribution in [-0.4, -0.2) is 39.2 Å². The normalized spacial score (nSPS) is 14.2. The second-order valence-corrected chi connectivity index (χ2v) is 8.70. The van der Waals surface area contributed by atoms with Gasteiger partial charge in [0.2, 0.25) is 5.91 Å². The van der Waals surface area contributed by atoms with Crippen LogP contribution in [-0.2, 0) is 4.79 Å². The van der Waals surface area contributed by atoms with Gasteiger partial charge in [0.1, 0.15) is 4.70 Å². The molecule has 1 amide bonds. The van der Waals surface area contributed by atoms with Crippen LogP contribution < -0.4 is 5.56 Å². The molecule has 0 N–H and O–H groups in total. The molecule has 4 rings (SSSR count). The molecule has 0 bridgehead atoms. The fourth-order valence-corrected chi connectivity index (χ4v) is 5.11. The summed E-state index contributed by atoms with van der Waals surface area (Å²) in [5, 5.41) is 2.46. The average molecular weight is 400 g/mol. The number of aryl methyl sites for hydroxylation is 2. The van der Waals surface area contributed by atoms with Crippen molar-refractivity contribution in [2.24, 2.45) is 0 Å². The number of benzene rings is 1. The largest absolute Gasteiger partial charge is 0.342 e. The summed E-state index contributed by atoms with van der Waals surface area (Å²) in [7, 11) is 0. The number of hydrogen-bond donors (Lipinski definition) is 0. The van der Waals surface area contributed by atoms with Gasteiger partial charge in [-0.2, -0.15) is 0 Å². The molecule has 0 aliphatic carbocycles. The number of thiophene rings is 1. The fourth-order valence-electron chi connectivity index (χ4n) is 3.44. The molecule has 1 aliphatic rings. The van der Waals surface area contributed by atoms with Crippen LogP contribution in [0.3, 0.4) is 0 Å². The molecular formula is C20H21N3O2S2. The highest BCUT2D eigenvalue weighted by atomic mass is 32.2. The number of thioether (sulfide) groups is 1. The minimum atomic E-state index is -0.0712. The smallest absolute Gasteiger partial charge is 0.276 e. The zero-order chi connectivity index (χ0) is 19.0. The van der Waals surface area contributed by atoms with E-state index in [9.17, 15) is 9.59 Å². The Morgan fingerprint density at radius 1 is 1.22 bits per heavy atom. The predicted molar refractivity (Wildman–Crippen MR) is 111 cm³/mol. The van der Waals surface area contributed by atoms with Crippen LogP contribution in [0.1, 0.15) is 24.0 Å². The van der Waals surface area contributed by atoms with Crippen LogP contribution in [0.2, 0.25) is 0 Å². The molecule has 3 aromatic rings. The fraction of sp³-hybridized carbons (Fsp3) is 0.350. The number of nitrogens with zero attached hydrogens (tertiary/aromatic N) is 3. The van der Waals surface area contributed by atoms with Crippen LogP contribution in [0.15, 0.2) is 39.6 Å². The molecule has 3 heterocycles. The summed E-state index contributed by atoms with van der Waals surface area (Å²) in [4.78, 5) is 32.2. The molecule has 2 aromatic heterocycles. The number of fused-ring (bicyclic) bond motifs is 1. The molecule has 27 heavy (non-hydrogen) atoms. The van der Waals surface area contributed by atoms with Gasteiger partial charge in [-0.25, -0.2) is 4.98 Å². The number of carbonyl (C=O) groups excluding carboxylic acids is 1. The molecule has 0 spiro atoms. The van der Waals surface area contributed by atoms with Crippen LogP contribution in [0.25, 0.3) is 15.9 Å². The van der Waals surface area contributed by atoms with Gasteiger partial charge in [-0.1, -0.05) is 29.5 Å². The lowest BCUT2D eigenvalue weighted by atomic mass is 10.1. The Morgan fingerprint density at radius 2 is 2.00 bits per heavy atom. The summed E-state index contributed by atoms with van der Waals surface area (Å²) in [5.74, 6) is 0.414. The van der Waals surface area contributed by atoms with E-state index < -0.39 is 0 Å². The molecule has 0 atom stereocenters. The monoisotopic (exact) mass is 399 g/mol. The van der Waals surface area contributed by atoms with E-state index in [1.54, 1.807) is 4.57 Å². The van der Waals surface area contributed by atoms with Crippen molar-refractivity contribution in [1.82, 2.24) is 14.5 Å². The first-order valence-corrected chi connectivity index (χ1v) is 10.9. The van der Waals surface area contributed by atoms with Crippen molar-refractivity contribution in [2.45, 2.75) is 31.8 Å². The topological polar surface area (TPSA) is 55.2 Å². The Bertz CT molecular complexity index is 1060. The predicted octanol–water partition coefficient (Wildman–Crippen LogP) is 3.78. The number of amides is 1. The molecule has 0 radical (unpaired) electrons. The minimum Gasteiger partial charge on any atom is -0.342 e. The lowest BCUT2D eigenvalue weighted by Gasteiger charge is -2.17. The van der Waals surface area contributed by atoms with E-state index in [2.05, 4.69) is 6.07 Å². The van der Waals surface area contributed by atoms with E-state index in [0.717, 1.165) is 42.7 Å². The Balaban J connectivity index is 1.76. The van der Waals surface area contributed by atoms with Crippen molar-refractivity contribution >= 4 is 39.2 Å². The molecule has 5 nitrogen and oxygen atoms in total. The van der Waals surface area contributed by atoms with Crippen LogP contribution in [0.5, 0.6) is 0 Å². The lowest BCUT2D eigenvalue weighted by molar-refractivity contribution is -0.127. The van der Waals surface area contributed by atoms with Crippen molar-refractivity contribution < 1.29 is 4.79 Å². The maximum absolute atomic E-state index is 13.2. The summed E-state index contributed by atoms with van der Waals surface area (Å²) in [5.41, 5.74) is 3.61. The number of hydrogen-bond acceptors (Lipinski definition) is 5. The van der Waals surface area contributed by atoms with E-state index >= 15 is 0 Å². The highest BCUT2D eigenvalue weighted by Crippen LogP contribution is 2.26. The summed E-state index contributed by atoms with van der Waals surface area (Å²) in [6.45, 7) is 5.70. The molecule has 0 unspecified atom stereocenters. The SMILES string of the molecule is Cc1ccc(-n2c(SCC(=O)N3CCCC3)nc3ccsc3c2=O)c(C)c1. The molecule has 7 heteroatoms. The highest BCUT2D eigenvalue weighted by molar-refractivity contribution is 7.99. The standard InChI is InChI=1S/C20H21N3O2S2/c1-13-5-6-16(14(2)11-13)23-19(25)18-15(7-10-26-18)21-20(23)27-12-17(24)22-8-3-4-9-22/h5-7,10-11H,3-4,8-9,12H2,1-2H3. The van der Waals surface area contributed by atoms with E-state index in [1.807, 2.05) is 42.3 Å². The maximum Gasteiger partial charge on any atom is 0.276 e. The first kappa shape index (κ1) is 18.3. The third-order valence-electron chi connectivity index (χ3n) is 4.83. The lowest BCUT2D eigenvalue weighted by Crippen LogP contribution is -2.29. The summed E-state index contributed by atoms with van der Waals surface area (Å²) in [6.07, 6.45) is 2.14. The van der Waals surface area contributed by atoms with Gasteiger partial charge in [-0.3, -0.25) is 14.2 Å². The van der Waals surface area contributed by atoms with Gasteiger partial charge < -0.3 is 4.90 Å². The second-order valence-electron chi connectivity index (χ2n) is 6.84. The number of aromatic nitrogens is 2. The Kier molecular flexibility index (Phi) is 5.06. The molecule has 1 aromatic carbocycles. The van der Waals surface area contributed by atoms with E-state index in [0.29, 0.717) is 21.1 Å². The zero-order valence-corrected chi connectivity index (χ0v) is 17.0. The van der Waals surface area contributed by atoms with Gasteiger partial charge in [0.15, 0.2) is 5.16 Å². The van der Waals surface area contributed by atoms with Crippen molar-refractivity contribution in [2.75, 3.05) is 18.8 Å². The Morgan fingerprint density at radius 3 is 2.74 bits per heavy atom. The van der Waals surface area contributed by atoms with Crippen molar-refractivity contribution in [1.29, 1.82) is 0 Å². The quantitative estimate of drug-likeness (QED) is 0.495. The number of carbonyl (C=O) groups is 1. The number of rotatable bonds is 4. The average Bonchev–Trinajstić information content (AvgIpc) is 3.32. The third-order valence-corrected chi connectivity index (χ3v) is 6.64. The van der Waals surface area contributed by atoms with E-state index in [1.165, 1.54) is 23.1 Å². The van der Waals surface area contributed by atoms with Gasteiger partial charge in [0, 0.05) is 13.1 Å². The van der Waals surface area contributed by atoms with E-state index in [4.69, 9.17) is 4.98 Å². The van der Waals surface area contributed by atoms with Gasteiger partial charge in [0.25, 0.3) is 5.56 Å². The summed E-state index contributed by atoms with van der Waals surface area (Å²) < 4.78 is 2.31. The first-order chi connectivity index (χ1) is 13.0. The first-order valence-electron chi connectivity index (χ1n) is 9.03. The van der Waals surface area contributed by atoms with Gasteiger partial charge in [-0.05, 0) is 49.8 Å². The molecule has 1 saturated heterocycles. The Hall–Kier alpha value is -2.12. The second kappa shape index (κ2) is 7.48. The molecule has 1 fully saturated rings. The molecule has 1 aliphatic heterocycles. The maximum atomic E-state index is 13.2. The molecule has 0 saturated carbocycles. The minimum absolute atomic E-state index is 0.0712. The van der Waals surface area contributed by atoms with Crippen LogP contribution >= 0.6 is 23.1 Å². The van der Waals surface area contributed by atoms with Crippen molar-refractivity contribution in [3.63, 3.8) is 0 Å². The van der Waals surface area contributed by atoms with Gasteiger partial charge in [0.05, 0.1) is 17.0 Å². The van der Waals surface area contributed by atoms with E-state index in [-0.39, 0.29) is 11.5 Å². The molecule has 140 valence electrons. The van der Waals surface area contributed by atoms with Crippen molar-refractivity contribution in [3.8, 4) is 5.69 Å². The van der Waals surface area contributed by atoms with Crippen LogP contribution in [0, 0.1) is 13.8 Å². The Labute approximate surface area is 166 Å². The summed E-state index contributed by atoms with van der Waals surface area (Å²) in [6, 6.07) is 7.88.